The van der Waals surface area contributed by atoms with Crippen LogP contribution in [0.5, 0.6) is 0 Å². The molecule has 2 aliphatic heterocycles. The van der Waals surface area contributed by atoms with Gasteiger partial charge < -0.3 is 19.8 Å². The van der Waals surface area contributed by atoms with Gasteiger partial charge in [0.2, 0.25) is 0 Å². The maximum Gasteiger partial charge on any atom is 0.156 e. The van der Waals surface area contributed by atoms with Crippen LogP contribution in [0.25, 0.3) is 22.2 Å². The SMILES string of the molecule is CC(O)(c1ccc(F)cc1)c1cnc(C2=CCN(c3ncnn4cc(-c5cnn([C@H]6COC[C@H]6O)c5)cc34)CC2)nc1. The number of benzene rings is 1. The van der Waals surface area contributed by atoms with Gasteiger partial charge in [0.05, 0.1) is 19.4 Å². The van der Waals surface area contributed by atoms with Gasteiger partial charge in [-0.15, -0.1) is 0 Å². The van der Waals surface area contributed by atoms with Gasteiger partial charge in [-0.25, -0.2) is 23.9 Å². The van der Waals surface area contributed by atoms with Crippen molar-refractivity contribution in [2.45, 2.75) is 31.1 Å². The second kappa shape index (κ2) is 10.4. The molecule has 214 valence electrons. The summed E-state index contributed by atoms with van der Waals surface area (Å²) in [6.45, 7) is 3.74. The minimum Gasteiger partial charge on any atom is -0.388 e. The molecule has 2 N–H and O–H groups in total. The van der Waals surface area contributed by atoms with Crippen molar-refractivity contribution in [3.8, 4) is 11.1 Å². The molecule has 1 unspecified atom stereocenters. The van der Waals surface area contributed by atoms with E-state index in [-0.39, 0.29) is 11.9 Å². The normalized spacial score (nSPS) is 20.6. The summed E-state index contributed by atoms with van der Waals surface area (Å²) in [4.78, 5) is 15.9. The van der Waals surface area contributed by atoms with Gasteiger partial charge in [-0.05, 0) is 42.7 Å². The van der Waals surface area contributed by atoms with Crippen molar-refractivity contribution in [3.63, 3.8) is 0 Å². The van der Waals surface area contributed by atoms with Gasteiger partial charge in [-0.2, -0.15) is 10.2 Å². The summed E-state index contributed by atoms with van der Waals surface area (Å²) in [6.07, 6.45) is 12.7. The van der Waals surface area contributed by atoms with Crippen molar-refractivity contribution in [1.29, 1.82) is 0 Å². The second-order valence-corrected chi connectivity index (χ2v) is 10.8. The molecular weight excluding hydrogens is 539 g/mol. The minimum absolute atomic E-state index is 0.191. The first kappa shape index (κ1) is 26.4. The molecule has 42 heavy (non-hydrogen) atoms. The summed E-state index contributed by atoms with van der Waals surface area (Å²) in [5.74, 6) is 1.08. The zero-order chi connectivity index (χ0) is 28.8. The predicted octanol–water partition coefficient (Wildman–Crippen LogP) is 3.00. The maximum absolute atomic E-state index is 13.3. The highest BCUT2D eigenvalue weighted by atomic mass is 19.1. The summed E-state index contributed by atoms with van der Waals surface area (Å²) in [6, 6.07) is 7.62. The van der Waals surface area contributed by atoms with E-state index in [1.165, 1.54) is 12.1 Å². The minimum atomic E-state index is -1.34. The third-order valence-electron chi connectivity index (χ3n) is 8.10. The fourth-order valence-corrected chi connectivity index (χ4v) is 5.52. The third kappa shape index (κ3) is 4.73. The molecule has 3 atom stereocenters. The number of aliphatic hydroxyl groups excluding tert-OH is 1. The van der Waals surface area contributed by atoms with Crippen LogP contribution in [0.4, 0.5) is 10.2 Å². The fraction of sp³-hybridized carbons (Fsp3) is 0.300. The average Bonchev–Trinajstić information content (AvgIpc) is 3.77. The van der Waals surface area contributed by atoms with Crippen LogP contribution in [0.3, 0.4) is 0 Å². The van der Waals surface area contributed by atoms with Crippen LogP contribution >= 0.6 is 0 Å². The van der Waals surface area contributed by atoms with Crippen LogP contribution in [0, 0.1) is 5.82 Å². The molecule has 0 aliphatic carbocycles. The van der Waals surface area contributed by atoms with Crippen molar-refractivity contribution < 1.29 is 19.3 Å². The molecule has 4 aromatic heterocycles. The Balaban J connectivity index is 1.08. The van der Waals surface area contributed by atoms with E-state index in [0.717, 1.165) is 41.0 Å². The van der Waals surface area contributed by atoms with E-state index in [4.69, 9.17) is 4.74 Å². The molecule has 0 saturated carbocycles. The molecule has 12 heteroatoms. The first-order valence-corrected chi connectivity index (χ1v) is 13.8. The number of halogens is 1. The van der Waals surface area contributed by atoms with Gasteiger partial charge in [0, 0.05) is 54.6 Å². The van der Waals surface area contributed by atoms with Gasteiger partial charge in [0.25, 0.3) is 0 Å². The Kier molecular flexibility index (Phi) is 6.53. The lowest BCUT2D eigenvalue weighted by atomic mass is 9.90. The molecule has 0 radical (unpaired) electrons. The summed E-state index contributed by atoms with van der Waals surface area (Å²) in [5, 5.41) is 30.1. The lowest BCUT2D eigenvalue weighted by Gasteiger charge is -2.27. The topological polar surface area (TPSA) is 127 Å². The van der Waals surface area contributed by atoms with Gasteiger partial charge in [0.1, 0.15) is 35.4 Å². The zero-order valence-electron chi connectivity index (χ0n) is 22.9. The van der Waals surface area contributed by atoms with E-state index in [1.807, 2.05) is 23.0 Å². The first-order chi connectivity index (χ1) is 20.4. The van der Waals surface area contributed by atoms with Crippen molar-refractivity contribution in [2.24, 2.45) is 0 Å². The number of anilines is 1. The molecule has 0 amide bonds. The van der Waals surface area contributed by atoms with Crippen molar-refractivity contribution in [1.82, 2.24) is 34.3 Å². The van der Waals surface area contributed by atoms with Gasteiger partial charge in [0.15, 0.2) is 11.6 Å². The van der Waals surface area contributed by atoms with Gasteiger partial charge in [-0.1, -0.05) is 18.2 Å². The molecule has 1 fully saturated rings. The third-order valence-corrected chi connectivity index (χ3v) is 8.10. The molecule has 1 saturated heterocycles. The molecule has 11 nitrogen and oxygen atoms in total. The van der Waals surface area contributed by atoms with Crippen molar-refractivity contribution in [2.75, 3.05) is 31.2 Å². The van der Waals surface area contributed by atoms with E-state index < -0.39 is 11.7 Å². The summed E-state index contributed by atoms with van der Waals surface area (Å²) < 4.78 is 22.3. The molecule has 2 aliphatic rings. The molecule has 0 bridgehead atoms. The number of hydrogen-bond donors (Lipinski definition) is 2. The van der Waals surface area contributed by atoms with E-state index in [0.29, 0.717) is 36.7 Å². The Bertz CT molecular complexity index is 1760. The highest BCUT2D eigenvalue weighted by molar-refractivity contribution is 5.78. The standard InChI is InChI=1S/C30H29FN8O3/c1-30(41,22-2-4-24(31)5-3-22)23-12-32-28(33-13-23)19-6-8-37(9-7-19)29-25-10-20(14-38(25)36-18-34-29)21-11-35-39(15-21)26-16-42-17-27(26)40/h2-6,10-15,18,26-27,40-41H,7-9,16-17H2,1H3/t26-,27+,30?/m0/s1. The van der Waals surface area contributed by atoms with Crippen LogP contribution in [-0.4, -0.2) is 77.0 Å². The van der Waals surface area contributed by atoms with Crippen molar-refractivity contribution >= 4 is 16.9 Å². The number of nitrogens with zero attached hydrogens (tertiary/aromatic N) is 8. The highest BCUT2D eigenvalue weighted by Gasteiger charge is 2.29. The van der Waals surface area contributed by atoms with Crippen LogP contribution in [0.2, 0.25) is 0 Å². The Morgan fingerprint density at radius 1 is 0.976 bits per heavy atom. The smallest absolute Gasteiger partial charge is 0.156 e. The molecule has 1 aromatic carbocycles. The number of rotatable bonds is 6. The van der Waals surface area contributed by atoms with Crippen molar-refractivity contribution in [3.05, 3.63) is 96.5 Å². The molecular formula is C30H29FN8O3. The largest absolute Gasteiger partial charge is 0.388 e. The number of aromatic nitrogens is 7. The fourth-order valence-electron chi connectivity index (χ4n) is 5.52. The molecule has 6 heterocycles. The second-order valence-electron chi connectivity index (χ2n) is 10.8. The predicted molar refractivity (Wildman–Crippen MR) is 152 cm³/mol. The van der Waals surface area contributed by atoms with Crippen LogP contribution in [0.15, 0.2) is 73.7 Å². The molecule has 5 aromatic rings. The average molecular weight is 569 g/mol. The van der Waals surface area contributed by atoms with E-state index in [2.05, 4.69) is 36.1 Å². The van der Waals surface area contributed by atoms with Gasteiger partial charge in [-0.3, -0.25) is 4.68 Å². The number of hydrogen-bond acceptors (Lipinski definition) is 9. The summed E-state index contributed by atoms with van der Waals surface area (Å²) in [7, 11) is 0. The Morgan fingerprint density at radius 2 is 1.79 bits per heavy atom. The van der Waals surface area contributed by atoms with E-state index in [9.17, 15) is 14.6 Å². The number of aliphatic hydroxyl groups is 2. The highest BCUT2D eigenvalue weighted by Crippen LogP contribution is 2.32. The van der Waals surface area contributed by atoms with Crippen LogP contribution < -0.4 is 4.90 Å². The Hall–Kier alpha value is -4.52. The maximum atomic E-state index is 13.3. The lowest BCUT2D eigenvalue weighted by Crippen LogP contribution is -2.30. The van der Waals surface area contributed by atoms with Gasteiger partial charge >= 0.3 is 0 Å². The lowest BCUT2D eigenvalue weighted by molar-refractivity contribution is 0.101. The number of ether oxygens (including phenoxy) is 1. The number of fused-ring (bicyclic) bond motifs is 1. The first-order valence-electron chi connectivity index (χ1n) is 13.8. The quantitative estimate of drug-likeness (QED) is 0.318. The Morgan fingerprint density at radius 3 is 2.50 bits per heavy atom. The molecule has 7 rings (SSSR count). The monoisotopic (exact) mass is 568 g/mol. The van der Waals surface area contributed by atoms with Crippen LogP contribution in [0.1, 0.15) is 36.3 Å². The molecule has 0 spiro atoms. The summed E-state index contributed by atoms with van der Waals surface area (Å²) >= 11 is 0. The van der Waals surface area contributed by atoms with E-state index >= 15 is 0 Å². The zero-order valence-corrected chi connectivity index (χ0v) is 22.9. The van der Waals surface area contributed by atoms with E-state index in [1.54, 1.807) is 48.7 Å². The summed E-state index contributed by atoms with van der Waals surface area (Å²) in [5.41, 5.74) is 3.52. The Labute approximate surface area is 240 Å². The van der Waals surface area contributed by atoms with Crippen LogP contribution in [-0.2, 0) is 10.3 Å².